The molecule has 16 heteroatoms. The first kappa shape index (κ1) is 29.3. The van der Waals surface area contributed by atoms with Gasteiger partial charge in [0.05, 0.1) is 23.1 Å². The van der Waals surface area contributed by atoms with Gasteiger partial charge in [-0.2, -0.15) is 0 Å². The standard InChI is InChI=1S/C25H25BF2N4O9/c1-3-31-10-11(2)32(23(36)22(31)35)25(39)30-19(18-15(27)8-13(33)9-16(18)28)21(34)29-17-7-12-5-4-6-14(24(37)38)20(12)41-26(17)40/h4-6,8-9,11,17,19,33,40H,3,7,10H2,1-2H3,(H,29,34)(H,30,39)(H,37,38)/t11?,17-,19?/m0/s1. The number of phenols is 1. The molecule has 2 aromatic rings. The van der Waals surface area contributed by atoms with Crippen molar-refractivity contribution in [2.75, 3.05) is 13.1 Å². The first-order valence-electron chi connectivity index (χ1n) is 12.4. The Morgan fingerprint density at radius 1 is 1.17 bits per heavy atom. The van der Waals surface area contributed by atoms with E-state index in [1.165, 1.54) is 30.0 Å². The van der Waals surface area contributed by atoms with Crippen LogP contribution in [0.5, 0.6) is 11.5 Å². The number of benzene rings is 2. The number of carbonyl (C=O) groups excluding carboxylic acids is 4. The fourth-order valence-electron chi connectivity index (χ4n) is 4.78. The number of nitrogens with zero attached hydrogens (tertiary/aromatic N) is 2. The topological polar surface area (TPSA) is 186 Å². The van der Waals surface area contributed by atoms with Gasteiger partial charge < -0.3 is 35.4 Å². The first-order chi connectivity index (χ1) is 19.3. The lowest BCUT2D eigenvalue weighted by atomic mass is 9.72. The zero-order valence-electron chi connectivity index (χ0n) is 21.8. The molecule has 2 aromatic carbocycles. The number of carboxylic acid groups (broad SMARTS) is 1. The largest absolute Gasteiger partial charge is 0.547 e. The van der Waals surface area contributed by atoms with Crippen LogP contribution in [-0.2, 0) is 20.8 Å². The zero-order valence-corrected chi connectivity index (χ0v) is 21.8. The number of carboxylic acids is 1. The Labute approximate surface area is 231 Å². The van der Waals surface area contributed by atoms with Crippen molar-refractivity contribution in [2.24, 2.45) is 0 Å². The Morgan fingerprint density at radius 2 is 1.83 bits per heavy atom. The Morgan fingerprint density at radius 3 is 2.44 bits per heavy atom. The van der Waals surface area contributed by atoms with Crippen molar-refractivity contribution in [3.63, 3.8) is 0 Å². The van der Waals surface area contributed by atoms with Crippen molar-refractivity contribution in [3.8, 4) is 11.5 Å². The molecule has 13 nitrogen and oxygen atoms in total. The smallest absolute Gasteiger partial charge is 0.534 e. The van der Waals surface area contributed by atoms with Gasteiger partial charge in [0.25, 0.3) is 0 Å². The predicted molar refractivity (Wildman–Crippen MR) is 135 cm³/mol. The van der Waals surface area contributed by atoms with Crippen molar-refractivity contribution in [1.82, 2.24) is 20.4 Å². The van der Waals surface area contributed by atoms with Crippen LogP contribution in [-0.4, -0.2) is 86.9 Å². The zero-order chi connectivity index (χ0) is 30.2. The molecule has 5 N–H and O–H groups in total. The molecule has 1 saturated heterocycles. The van der Waals surface area contributed by atoms with E-state index in [0.29, 0.717) is 22.6 Å². The monoisotopic (exact) mass is 574 g/mol. The summed E-state index contributed by atoms with van der Waals surface area (Å²) in [4.78, 5) is 64.9. The highest BCUT2D eigenvalue weighted by Gasteiger charge is 2.43. The van der Waals surface area contributed by atoms with Gasteiger partial charge in [-0.25, -0.2) is 18.4 Å². The third kappa shape index (κ3) is 5.63. The molecule has 2 unspecified atom stereocenters. The summed E-state index contributed by atoms with van der Waals surface area (Å²) in [6, 6.07) is 0.871. The van der Waals surface area contributed by atoms with E-state index in [1.54, 1.807) is 6.92 Å². The second-order valence-corrected chi connectivity index (χ2v) is 9.50. The van der Waals surface area contributed by atoms with Crippen LogP contribution in [0.3, 0.4) is 0 Å². The number of aromatic hydroxyl groups is 1. The minimum absolute atomic E-state index is 0.0172. The summed E-state index contributed by atoms with van der Waals surface area (Å²) in [6.45, 7) is 3.27. The van der Waals surface area contributed by atoms with E-state index >= 15 is 0 Å². The van der Waals surface area contributed by atoms with Gasteiger partial charge in [0, 0.05) is 25.2 Å². The van der Waals surface area contributed by atoms with Crippen LogP contribution >= 0.6 is 0 Å². The van der Waals surface area contributed by atoms with Crippen LogP contribution in [0.1, 0.15) is 41.4 Å². The lowest BCUT2D eigenvalue weighted by Crippen LogP contribution is -2.63. The summed E-state index contributed by atoms with van der Waals surface area (Å²) < 4.78 is 35.1. The fraction of sp³-hybridized carbons (Fsp3) is 0.320. The van der Waals surface area contributed by atoms with E-state index in [1.807, 2.05) is 0 Å². The number of likely N-dealkylation sites (N-methyl/N-ethyl adjacent to an activating group) is 1. The maximum Gasteiger partial charge on any atom is 0.547 e. The van der Waals surface area contributed by atoms with Crippen molar-refractivity contribution >= 4 is 36.8 Å². The molecule has 3 atom stereocenters. The Hall–Kier alpha value is -4.73. The van der Waals surface area contributed by atoms with Gasteiger partial charge in [-0.15, -0.1) is 0 Å². The van der Waals surface area contributed by atoms with E-state index in [4.69, 9.17) is 4.65 Å². The van der Waals surface area contributed by atoms with Crippen molar-refractivity contribution < 1.29 is 52.6 Å². The molecule has 2 aliphatic rings. The number of hydrogen-bond acceptors (Lipinski definition) is 8. The fourth-order valence-corrected chi connectivity index (χ4v) is 4.78. The number of piperazine rings is 1. The molecule has 0 bridgehead atoms. The third-order valence-electron chi connectivity index (χ3n) is 6.77. The Balaban J connectivity index is 1.64. The minimum Gasteiger partial charge on any atom is -0.534 e. The minimum atomic E-state index is -2.15. The molecular formula is C25H25BF2N4O9. The van der Waals surface area contributed by atoms with Gasteiger partial charge in [-0.1, -0.05) is 12.1 Å². The number of urea groups is 1. The summed E-state index contributed by atoms with van der Waals surface area (Å²) in [6.07, 6.45) is -0.159. The highest BCUT2D eigenvalue weighted by Crippen LogP contribution is 2.31. The third-order valence-corrected chi connectivity index (χ3v) is 6.77. The van der Waals surface area contributed by atoms with E-state index < -0.39 is 77.8 Å². The molecule has 0 spiro atoms. The average molecular weight is 574 g/mol. The van der Waals surface area contributed by atoms with E-state index in [2.05, 4.69) is 10.6 Å². The molecule has 5 amide bonds. The number of para-hydroxylation sites is 1. The average Bonchev–Trinajstić information content (AvgIpc) is 2.89. The van der Waals surface area contributed by atoms with Crippen molar-refractivity contribution in [3.05, 3.63) is 58.7 Å². The van der Waals surface area contributed by atoms with Crippen LogP contribution in [0.2, 0.25) is 0 Å². The first-order valence-corrected chi connectivity index (χ1v) is 12.4. The van der Waals surface area contributed by atoms with E-state index in [9.17, 15) is 48.0 Å². The van der Waals surface area contributed by atoms with Crippen LogP contribution in [0.4, 0.5) is 13.6 Å². The van der Waals surface area contributed by atoms with Gasteiger partial charge in [0.1, 0.15) is 29.2 Å². The maximum absolute atomic E-state index is 14.9. The molecule has 2 aliphatic heterocycles. The van der Waals surface area contributed by atoms with Crippen LogP contribution < -0.4 is 15.3 Å². The van der Waals surface area contributed by atoms with Crippen molar-refractivity contribution in [1.29, 1.82) is 0 Å². The predicted octanol–water partition coefficient (Wildman–Crippen LogP) is 0.338. The van der Waals surface area contributed by atoms with Crippen LogP contribution in [0.15, 0.2) is 30.3 Å². The number of carbonyl (C=O) groups is 5. The number of imide groups is 1. The molecule has 0 radical (unpaired) electrons. The Kier molecular flexibility index (Phi) is 8.14. The number of phenolic OH excluding ortho intramolecular Hbond substituents is 1. The molecule has 1 fully saturated rings. The molecule has 216 valence electrons. The van der Waals surface area contributed by atoms with Gasteiger partial charge in [0.2, 0.25) is 5.91 Å². The maximum atomic E-state index is 14.9. The number of aromatic carboxylic acids is 1. The van der Waals surface area contributed by atoms with Gasteiger partial charge in [0.15, 0.2) is 0 Å². The number of rotatable bonds is 6. The molecule has 4 rings (SSSR count). The molecule has 2 heterocycles. The summed E-state index contributed by atoms with van der Waals surface area (Å²) >= 11 is 0. The normalized spacial score (nSPS) is 19.3. The Bertz CT molecular complexity index is 1420. The van der Waals surface area contributed by atoms with Crippen LogP contribution in [0, 0.1) is 11.6 Å². The molecular weight excluding hydrogens is 549 g/mol. The van der Waals surface area contributed by atoms with E-state index in [0.717, 1.165) is 0 Å². The van der Waals surface area contributed by atoms with Gasteiger partial charge in [-0.3, -0.25) is 19.3 Å². The number of fused-ring (bicyclic) bond motifs is 1. The second-order valence-electron chi connectivity index (χ2n) is 9.50. The number of hydrogen-bond donors (Lipinski definition) is 5. The van der Waals surface area contributed by atoms with E-state index in [-0.39, 0.29) is 30.8 Å². The van der Waals surface area contributed by atoms with Gasteiger partial charge in [-0.05, 0) is 31.9 Å². The van der Waals surface area contributed by atoms with Crippen molar-refractivity contribution in [2.45, 2.75) is 38.3 Å². The number of halogens is 2. The SMILES string of the molecule is CCN1CC(C)N(C(=O)NC(C(=O)N[C@H]2Cc3cccc(C(=O)O)c3OB2O)c2c(F)cc(O)cc2F)C(=O)C1=O. The van der Waals surface area contributed by atoms with Crippen LogP contribution in [0.25, 0.3) is 0 Å². The molecule has 0 aliphatic carbocycles. The molecule has 0 aromatic heterocycles. The lowest BCUT2D eigenvalue weighted by molar-refractivity contribution is -0.155. The highest BCUT2D eigenvalue weighted by atomic mass is 19.1. The molecule has 0 saturated carbocycles. The quantitative estimate of drug-likeness (QED) is 0.240. The summed E-state index contributed by atoms with van der Waals surface area (Å²) in [7, 11) is -1.79. The number of amides is 5. The summed E-state index contributed by atoms with van der Waals surface area (Å²) in [5, 5.41) is 33.9. The lowest BCUT2D eigenvalue weighted by Gasteiger charge is -2.37. The number of nitrogens with one attached hydrogen (secondary N) is 2. The molecule has 41 heavy (non-hydrogen) atoms. The summed E-state index contributed by atoms with van der Waals surface area (Å²) in [5.74, 6) is -9.77. The second kappa shape index (κ2) is 11.4. The highest BCUT2D eigenvalue weighted by molar-refractivity contribution is 6.47. The summed E-state index contributed by atoms with van der Waals surface area (Å²) in [5.41, 5.74) is -0.928. The van der Waals surface area contributed by atoms with Gasteiger partial charge >= 0.3 is 30.9 Å².